The third-order valence-corrected chi connectivity index (χ3v) is 2.33. The topological polar surface area (TPSA) is 42.4 Å². The molecule has 0 aliphatic rings. The number of methoxy groups -OCH3 is 1. The van der Waals surface area contributed by atoms with E-state index in [2.05, 4.69) is 4.98 Å². The molecule has 72 valence electrons. The van der Waals surface area contributed by atoms with Crippen LogP contribution in [-0.4, -0.2) is 17.2 Å². The highest BCUT2D eigenvalue weighted by Crippen LogP contribution is 2.31. The van der Waals surface area contributed by atoms with Crippen LogP contribution in [0.25, 0.3) is 10.8 Å². The molecule has 0 fully saturated rings. The summed E-state index contributed by atoms with van der Waals surface area (Å²) in [6.07, 6.45) is 1.32. The Morgan fingerprint density at radius 1 is 1.36 bits per heavy atom. The molecule has 0 saturated heterocycles. The summed E-state index contributed by atoms with van der Waals surface area (Å²) in [5.41, 5.74) is 0. The molecule has 1 aromatic carbocycles. The summed E-state index contributed by atoms with van der Waals surface area (Å²) in [6.45, 7) is 0. The minimum absolute atomic E-state index is 0.100. The van der Waals surface area contributed by atoms with E-state index in [0.717, 1.165) is 0 Å². The number of nitrogens with zero attached hydrogens (tertiary/aromatic N) is 1. The molecule has 14 heavy (non-hydrogen) atoms. The third-order valence-electron chi connectivity index (χ3n) is 2.03. The fourth-order valence-corrected chi connectivity index (χ4v) is 1.51. The summed E-state index contributed by atoms with van der Waals surface area (Å²) >= 11 is 5.86. The first-order chi connectivity index (χ1) is 6.72. The highest BCUT2D eigenvalue weighted by atomic mass is 35.5. The summed E-state index contributed by atoms with van der Waals surface area (Å²) < 4.78 is 5.04. The fraction of sp³-hybridized carbons (Fsp3) is 0.100. The van der Waals surface area contributed by atoms with Gasteiger partial charge in [-0.15, -0.1) is 0 Å². The molecule has 1 heterocycles. The van der Waals surface area contributed by atoms with Crippen LogP contribution in [0, 0.1) is 0 Å². The maximum absolute atomic E-state index is 9.54. The van der Waals surface area contributed by atoms with Gasteiger partial charge in [0.2, 0.25) is 0 Å². The number of pyridine rings is 1. The van der Waals surface area contributed by atoms with Crippen molar-refractivity contribution in [2.45, 2.75) is 0 Å². The van der Waals surface area contributed by atoms with Gasteiger partial charge in [-0.05, 0) is 18.2 Å². The van der Waals surface area contributed by atoms with Crippen LogP contribution in [-0.2, 0) is 0 Å². The Balaban J connectivity index is 2.80. The molecule has 4 heteroatoms. The van der Waals surface area contributed by atoms with Gasteiger partial charge in [-0.2, -0.15) is 0 Å². The largest absolute Gasteiger partial charge is 0.506 e. The number of fused-ring (bicyclic) bond motifs is 1. The number of hydrogen-bond donors (Lipinski definition) is 1. The van der Waals surface area contributed by atoms with Gasteiger partial charge in [0.05, 0.1) is 13.3 Å². The van der Waals surface area contributed by atoms with Crippen LogP contribution in [0.15, 0.2) is 24.4 Å². The molecule has 3 nitrogen and oxygen atoms in total. The van der Waals surface area contributed by atoms with Crippen molar-refractivity contribution < 1.29 is 9.84 Å². The average molecular weight is 210 g/mol. The summed E-state index contributed by atoms with van der Waals surface area (Å²) in [6, 6.07) is 5.26. The SMILES string of the molecule is COc1ccc2c(Cl)ncc(O)c2c1. The molecule has 0 radical (unpaired) electrons. The van der Waals surface area contributed by atoms with Crippen LogP contribution < -0.4 is 4.74 Å². The van der Waals surface area contributed by atoms with E-state index in [4.69, 9.17) is 16.3 Å². The first kappa shape index (κ1) is 9.09. The highest BCUT2D eigenvalue weighted by Gasteiger charge is 2.05. The van der Waals surface area contributed by atoms with Gasteiger partial charge >= 0.3 is 0 Å². The zero-order valence-electron chi connectivity index (χ0n) is 7.49. The Morgan fingerprint density at radius 3 is 2.86 bits per heavy atom. The maximum Gasteiger partial charge on any atom is 0.141 e. The number of benzene rings is 1. The Bertz CT molecular complexity index is 485. The summed E-state index contributed by atoms with van der Waals surface area (Å²) in [7, 11) is 1.57. The smallest absolute Gasteiger partial charge is 0.141 e. The lowest BCUT2D eigenvalue weighted by Gasteiger charge is -2.04. The molecular formula is C10H8ClNO2. The number of rotatable bonds is 1. The first-order valence-corrected chi connectivity index (χ1v) is 4.41. The Hall–Kier alpha value is -1.48. The van der Waals surface area contributed by atoms with Gasteiger partial charge in [0, 0.05) is 10.8 Å². The summed E-state index contributed by atoms with van der Waals surface area (Å²) in [5.74, 6) is 0.776. The van der Waals surface area contributed by atoms with E-state index >= 15 is 0 Å². The molecule has 0 amide bonds. The van der Waals surface area contributed by atoms with Crippen LogP contribution in [0.5, 0.6) is 11.5 Å². The number of aromatic nitrogens is 1. The Morgan fingerprint density at radius 2 is 2.14 bits per heavy atom. The zero-order chi connectivity index (χ0) is 10.1. The van der Waals surface area contributed by atoms with E-state index < -0.39 is 0 Å². The minimum Gasteiger partial charge on any atom is -0.506 e. The Kier molecular flexibility index (Phi) is 2.17. The number of halogens is 1. The van der Waals surface area contributed by atoms with Crippen molar-refractivity contribution in [3.05, 3.63) is 29.5 Å². The van der Waals surface area contributed by atoms with Crippen molar-refractivity contribution in [1.29, 1.82) is 0 Å². The molecule has 1 aromatic heterocycles. The molecule has 2 rings (SSSR count). The lowest BCUT2D eigenvalue weighted by atomic mass is 10.1. The second-order valence-electron chi connectivity index (χ2n) is 2.85. The van der Waals surface area contributed by atoms with Crippen molar-refractivity contribution in [1.82, 2.24) is 4.98 Å². The lowest BCUT2D eigenvalue weighted by molar-refractivity contribution is 0.415. The quantitative estimate of drug-likeness (QED) is 0.735. The zero-order valence-corrected chi connectivity index (χ0v) is 8.25. The van der Waals surface area contributed by atoms with Crippen LogP contribution >= 0.6 is 11.6 Å². The van der Waals surface area contributed by atoms with Gasteiger partial charge < -0.3 is 9.84 Å². The van der Waals surface area contributed by atoms with Crippen LogP contribution in [0.2, 0.25) is 5.15 Å². The molecule has 0 aliphatic carbocycles. The van der Waals surface area contributed by atoms with Crippen molar-refractivity contribution in [2.24, 2.45) is 0 Å². The van der Waals surface area contributed by atoms with Gasteiger partial charge in [-0.25, -0.2) is 4.98 Å². The predicted molar refractivity (Wildman–Crippen MR) is 55.0 cm³/mol. The first-order valence-electron chi connectivity index (χ1n) is 4.03. The second-order valence-corrected chi connectivity index (χ2v) is 3.20. The monoisotopic (exact) mass is 209 g/mol. The molecular weight excluding hydrogens is 202 g/mol. The minimum atomic E-state index is 0.100. The molecule has 0 atom stereocenters. The molecule has 0 bridgehead atoms. The average Bonchev–Trinajstić information content (AvgIpc) is 2.23. The van der Waals surface area contributed by atoms with Crippen molar-refractivity contribution in [3.8, 4) is 11.5 Å². The van der Waals surface area contributed by atoms with E-state index in [1.165, 1.54) is 6.20 Å². The van der Waals surface area contributed by atoms with Crippen molar-refractivity contribution in [2.75, 3.05) is 7.11 Å². The third kappa shape index (κ3) is 1.36. The van der Waals surface area contributed by atoms with Crippen LogP contribution in [0.3, 0.4) is 0 Å². The van der Waals surface area contributed by atoms with E-state index in [9.17, 15) is 5.11 Å². The van der Waals surface area contributed by atoms with E-state index in [0.29, 0.717) is 21.7 Å². The lowest BCUT2D eigenvalue weighted by Crippen LogP contribution is -1.84. The second kappa shape index (κ2) is 3.35. The van der Waals surface area contributed by atoms with Gasteiger partial charge in [0.15, 0.2) is 0 Å². The van der Waals surface area contributed by atoms with Crippen LogP contribution in [0.4, 0.5) is 0 Å². The fourth-order valence-electron chi connectivity index (χ4n) is 1.30. The summed E-state index contributed by atoms with van der Waals surface area (Å²) in [4.78, 5) is 3.84. The van der Waals surface area contributed by atoms with Gasteiger partial charge in [0.25, 0.3) is 0 Å². The van der Waals surface area contributed by atoms with Crippen LogP contribution in [0.1, 0.15) is 0 Å². The Labute approximate surface area is 85.9 Å². The van der Waals surface area contributed by atoms with Crippen molar-refractivity contribution >= 4 is 22.4 Å². The highest BCUT2D eigenvalue weighted by molar-refractivity contribution is 6.34. The van der Waals surface area contributed by atoms with Gasteiger partial charge in [-0.3, -0.25) is 0 Å². The maximum atomic E-state index is 9.54. The predicted octanol–water partition coefficient (Wildman–Crippen LogP) is 2.60. The molecule has 0 aliphatic heterocycles. The van der Waals surface area contributed by atoms with E-state index in [-0.39, 0.29) is 5.75 Å². The molecule has 1 N–H and O–H groups in total. The number of aromatic hydroxyl groups is 1. The normalized spacial score (nSPS) is 10.4. The van der Waals surface area contributed by atoms with E-state index in [1.54, 1.807) is 25.3 Å². The molecule has 0 saturated carbocycles. The molecule has 0 spiro atoms. The van der Waals surface area contributed by atoms with Gasteiger partial charge in [0.1, 0.15) is 16.7 Å². The number of ether oxygens (including phenoxy) is 1. The molecule has 0 unspecified atom stereocenters. The standard InChI is InChI=1S/C10H8ClNO2/c1-14-6-2-3-7-8(4-6)9(13)5-12-10(7)11/h2-5,13H,1H3. The number of hydrogen-bond acceptors (Lipinski definition) is 3. The van der Waals surface area contributed by atoms with Gasteiger partial charge in [-0.1, -0.05) is 11.6 Å². The van der Waals surface area contributed by atoms with E-state index in [1.807, 2.05) is 0 Å². The summed E-state index contributed by atoms with van der Waals surface area (Å²) in [5, 5.41) is 11.3. The molecule has 2 aromatic rings. The van der Waals surface area contributed by atoms with Crippen molar-refractivity contribution in [3.63, 3.8) is 0 Å².